The van der Waals surface area contributed by atoms with Crippen LogP contribution in [0.3, 0.4) is 0 Å². The van der Waals surface area contributed by atoms with Crippen molar-refractivity contribution in [2.75, 3.05) is 26.2 Å². The lowest BCUT2D eigenvalue weighted by atomic mass is 10.1. The molecule has 6 nitrogen and oxygen atoms in total. The summed E-state index contributed by atoms with van der Waals surface area (Å²) < 4.78 is 0.789. The topological polar surface area (TPSA) is 65.1 Å². The Hall–Kier alpha value is -2.25. The van der Waals surface area contributed by atoms with Gasteiger partial charge in [-0.25, -0.2) is 0 Å². The molecule has 1 saturated heterocycles. The third kappa shape index (κ3) is 3.69. The summed E-state index contributed by atoms with van der Waals surface area (Å²) in [6, 6.07) is 10.4. The zero-order valence-corrected chi connectivity index (χ0v) is 17.7. The Morgan fingerprint density at radius 3 is 2.64 bits per heavy atom. The summed E-state index contributed by atoms with van der Waals surface area (Å²) in [6.07, 6.45) is 1.84. The summed E-state index contributed by atoms with van der Waals surface area (Å²) >= 11 is 3.54. The van der Waals surface area contributed by atoms with Gasteiger partial charge in [0.25, 0.3) is 5.91 Å². The standard InChI is InChI=1S/C21H24BrN5O/c1-14(2)18-17(22)20(25-24-18)21(28)27-11-9-26(10-12-27)13-16-6-3-5-15-7-4-8-23-19(15)16/h3-8,14H,9-13H2,1-2H3,(H,24,25). The van der Waals surface area contributed by atoms with Gasteiger partial charge >= 0.3 is 0 Å². The van der Waals surface area contributed by atoms with E-state index in [9.17, 15) is 4.79 Å². The maximum Gasteiger partial charge on any atom is 0.275 e. The summed E-state index contributed by atoms with van der Waals surface area (Å²) in [4.78, 5) is 21.7. The van der Waals surface area contributed by atoms with Crippen LogP contribution in [0.1, 0.15) is 41.5 Å². The van der Waals surface area contributed by atoms with Gasteiger partial charge in [0.1, 0.15) is 0 Å². The van der Waals surface area contributed by atoms with Crippen molar-refractivity contribution < 1.29 is 4.79 Å². The summed E-state index contributed by atoms with van der Waals surface area (Å²) in [5.74, 6) is 0.274. The molecule has 1 N–H and O–H groups in total. The van der Waals surface area contributed by atoms with Gasteiger partial charge in [-0.3, -0.25) is 19.8 Å². The second-order valence-corrected chi connectivity index (χ2v) is 8.31. The Morgan fingerprint density at radius 2 is 1.93 bits per heavy atom. The molecule has 7 heteroatoms. The number of nitrogens with one attached hydrogen (secondary N) is 1. The second kappa shape index (κ2) is 8.01. The van der Waals surface area contributed by atoms with Crippen molar-refractivity contribution in [1.29, 1.82) is 0 Å². The summed E-state index contributed by atoms with van der Waals surface area (Å²) in [5.41, 5.74) is 3.74. The van der Waals surface area contributed by atoms with E-state index in [0.29, 0.717) is 18.8 Å². The van der Waals surface area contributed by atoms with Gasteiger partial charge < -0.3 is 4.90 Å². The smallest absolute Gasteiger partial charge is 0.275 e. The van der Waals surface area contributed by atoms with Gasteiger partial charge in [-0.15, -0.1) is 0 Å². The van der Waals surface area contributed by atoms with Gasteiger partial charge in [-0.1, -0.05) is 38.1 Å². The monoisotopic (exact) mass is 441 g/mol. The van der Waals surface area contributed by atoms with Crippen LogP contribution in [0.4, 0.5) is 0 Å². The van der Waals surface area contributed by atoms with Crippen LogP contribution in [-0.4, -0.2) is 57.1 Å². The highest BCUT2D eigenvalue weighted by Gasteiger charge is 2.27. The predicted octanol–water partition coefficient (Wildman–Crippen LogP) is 3.80. The van der Waals surface area contributed by atoms with Crippen LogP contribution in [0, 0.1) is 0 Å². The normalized spacial score (nSPS) is 15.5. The summed E-state index contributed by atoms with van der Waals surface area (Å²) in [5, 5.41) is 8.40. The highest BCUT2D eigenvalue weighted by atomic mass is 79.9. The molecule has 0 bridgehead atoms. The molecule has 28 heavy (non-hydrogen) atoms. The van der Waals surface area contributed by atoms with Crippen molar-refractivity contribution >= 4 is 32.7 Å². The van der Waals surface area contributed by atoms with E-state index in [1.54, 1.807) is 0 Å². The number of fused-ring (bicyclic) bond motifs is 1. The number of carbonyl (C=O) groups excluding carboxylic acids is 1. The van der Waals surface area contributed by atoms with Crippen LogP contribution >= 0.6 is 15.9 Å². The lowest BCUT2D eigenvalue weighted by molar-refractivity contribution is 0.0622. The number of para-hydroxylation sites is 1. The molecule has 0 saturated carbocycles. The average molecular weight is 442 g/mol. The van der Waals surface area contributed by atoms with Gasteiger partial charge in [-0.05, 0) is 33.5 Å². The average Bonchev–Trinajstić information content (AvgIpc) is 3.10. The van der Waals surface area contributed by atoms with Crippen molar-refractivity contribution in [3.05, 3.63) is 58.0 Å². The third-order valence-electron chi connectivity index (χ3n) is 5.28. The second-order valence-electron chi connectivity index (χ2n) is 7.52. The molecule has 0 aliphatic carbocycles. The molecule has 0 unspecified atom stereocenters. The number of piperazine rings is 1. The molecule has 0 radical (unpaired) electrons. The van der Waals surface area contributed by atoms with E-state index in [1.165, 1.54) is 5.56 Å². The molecular formula is C21H24BrN5O. The fourth-order valence-corrected chi connectivity index (χ4v) is 4.47. The summed E-state index contributed by atoms with van der Waals surface area (Å²) in [7, 11) is 0. The molecule has 2 aromatic heterocycles. The molecule has 1 aliphatic rings. The Balaban J connectivity index is 1.41. The number of halogens is 1. The van der Waals surface area contributed by atoms with Gasteiger partial charge in [-0.2, -0.15) is 5.10 Å². The minimum absolute atomic E-state index is 0.0125. The molecule has 1 aromatic carbocycles. The first-order chi connectivity index (χ1) is 13.5. The van der Waals surface area contributed by atoms with Crippen LogP contribution in [0.5, 0.6) is 0 Å². The third-order valence-corrected chi connectivity index (χ3v) is 6.08. The van der Waals surface area contributed by atoms with Crippen molar-refractivity contribution in [2.24, 2.45) is 0 Å². The molecule has 3 aromatic rings. The van der Waals surface area contributed by atoms with Crippen molar-refractivity contribution in [3.8, 4) is 0 Å². The Morgan fingerprint density at radius 1 is 1.18 bits per heavy atom. The molecule has 1 amide bonds. The number of pyridine rings is 1. The molecule has 0 spiro atoms. The maximum atomic E-state index is 12.9. The SMILES string of the molecule is CC(C)c1[nH]nc(C(=O)N2CCN(Cc3cccc4cccnc34)CC2)c1Br. The highest BCUT2D eigenvalue weighted by Crippen LogP contribution is 2.27. The number of hydrogen-bond acceptors (Lipinski definition) is 4. The number of hydrogen-bond donors (Lipinski definition) is 1. The van der Waals surface area contributed by atoms with E-state index in [-0.39, 0.29) is 11.8 Å². The van der Waals surface area contributed by atoms with Crippen LogP contribution in [0.2, 0.25) is 0 Å². The van der Waals surface area contributed by atoms with E-state index >= 15 is 0 Å². The van der Waals surface area contributed by atoms with Crippen LogP contribution in [0.15, 0.2) is 41.0 Å². The lowest BCUT2D eigenvalue weighted by Crippen LogP contribution is -2.48. The molecule has 146 valence electrons. The number of aromatic nitrogens is 3. The minimum Gasteiger partial charge on any atom is -0.335 e. The molecule has 0 atom stereocenters. The van der Waals surface area contributed by atoms with E-state index in [4.69, 9.17) is 0 Å². The van der Waals surface area contributed by atoms with Gasteiger partial charge in [0, 0.05) is 44.3 Å². The fraction of sp³-hybridized carbons (Fsp3) is 0.381. The highest BCUT2D eigenvalue weighted by molar-refractivity contribution is 9.10. The number of nitrogens with zero attached hydrogens (tertiary/aromatic N) is 4. The fourth-order valence-electron chi connectivity index (χ4n) is 3.66. The zero-order chi connectivity index (χ0) is 19.7. The van der Waals surface area contributed by atoms with Gasteiger partial charge in [0.2, 0.25) is 0 Å². The molecule has 1 fully saturated rings. The minimum atomic E-state index is -0.0125. The number of benzene rings is 1. The first-order valence-corrected chi connectivity index (χ1v) is 10.4. The Bertz CT molecular complexity index is 986. The van der Waals surface area contributed by atoms with Crippen LogP contribution in [0.25, 0.3) is 10.9 Å². The first-order valence-electron chi connectivity index (χ1n) is 9.62. The van der Waals surface area contributed by atoms with E-state index in [1.807, 2.05) is 17.2 Å². The van der Waals surface area contributed by atoms with Gasteiger partial charge in [0.05, 0.1) is 15.7 Å². The number of rotatable bonds is 4. The molecular weight excluding hydrogens is 418 g/mol. The van der Waals surface area contributed by atoms with E-state index in [2.05, 4.69) is 74.1 Å². The first kappa shape index (κ1) is 19.1. The summed E-state index contributed by atoms with van der Waals surface area (Å²) in [6.45, 7) is 8.09. The Kier molecular flexibility index (Phi) is 5.46. The van der Waals surface area contributed by atoms with Crippen molar-refractivity contribution in [2.45, 2.75) is 26.3 Å². The van der Waals surface area contributed by atoms with Crippen LogP contribution in [-0.2, 0) is 6.54 Å². The van der Waals surface area contributed by atoms with Gasteiger partial charge in [0.15, 0.2) is 5.69 Å². The zero-order valence-electron chi connectivity index (χ0n) is 16.2. The molecule has 1 aliphatic heterocycles. The van der Waals surface area contributed by atoms with E-state index < -0.39 is 0 Å². The molecule has 3 heterocycles. The number of aromatic amines is 1. The quantitative estimate of drug-likeness (QED) is 0.668. The molecule has 4 rings (SSSR count). The van der Waals surface area contributed by atoms with Crippen LogP contribution < -0.4 is 0 Å². The number of amides is 1. The maximum absolute atomic E-state index is 12.9. The largest absolute Gasteiger partial charge is 0.335 e. The van der Waals surface area contributed by atoms with Crippen molar-refractivity contribution in [3.63, 3.8) is 0 Å². The number of carbonyl (C=O) groups is 1. The lowest BCUT2D eigenvalue weighted by Gasteiger charge is -2.34. The number of H-pyrrole nitrogens is 1. The Labute approximate surface area is 173 Å². The predicted molar refractivity (Wildman–Crippen MR) is 113 cm³/mol. The van der Waals surface area contributed by atoms with Crippen molar-refractivity contribution in [1.82, 2.24) is 25.0 Å². The van der Waals surface area contributed by atoms with E-state index in [0.717, 1.165) is 40.7 Å².